The molecule has 1 aromatic rings. The Morgan fingerprint density at radius 2 is 2.20 bits per heavy atom. The average molecular weight is 202 g/mol. The minimum absolute atomic E-state index is 0.359. The molecular weight excluding hydrogens is 188 g/mol. The third kappa shape index (κ3) is 1.75. The molecule has 78 valence electrons. The predicted molar refractivity (Wildman–Crippen MR) is 59.0 cm³/mol. The summed E-state index contributed by atoms with van der Waals surface area (Å²) in [5, 5.41) is 8.91. The Labute approximate surface area is 89.9 Å². The van der Waals surface area contributed by atoms with Gasteiger partial charge in [0.05, 0.1) is 12.2 Å². The summed E-state index contributed by atoms with van der Waals surface area (Å²) in [4.78, 5) is 2.20. The van der Waals surface area contributed by atoms with Gasteiger partial charge in [-0.25, -0.2) is 0 Å². The molecular formula is C12H14N2O. The molecule has 0 aliphatic carbocycles. The maximum Gasteiger partial charge on any atom is 0.201 e. The lowest BCUT2D eigenvalue weighted by atomic mass is 10.1. The molecule has 3 heteroatoms. The number of nitrogens with zero attached hydrogens (tertiary/aromatic N) is 2. The highest BCUT2D eigenvalue weighted by Gasteiger charge is 2.26. The summed E-state index contributed by atoms with van der Waals surface area (Å²) in [7, 11) is 0. The van der Waals surface area contributed by atoms with Crippen molar-refractivity contribution in [3.05, 3.63) is 24.3 Å². The highest BCUT2D eigenvalue weighted by atomic mass is 16.5. The topological polar surface area (TPSA) is 36.3 Å². The first-order valence-corrected chi connectivity index (χ1v) is 5.14. The highest BCUT2D eigenvalue weighted by Crippen LogP contribution is 2.33. The van der Waals surface area contributed by atoms with Gasteiger partial charge < -0.3 is 9.64 Å². The molecule has 2 rings (SSSR count). The second-order valence-corrected chi connectivity index (χ2v) is 3.95. The molecule has 3 nitrogen and oxygen atoms in total. The predicted octanol–water partition coefficient (Wildman–Crippen LogP) is 2.19. The minimum Gasteiger partial charge on any atom is -0.472 e. The summed E-state index contributed by atoms with van der Waals surface area (Å²) in [5.74, 6) is 0.809. The molecule has 1 aliphatic rings. The first-order valence-electron chi connectivity index (χ1n) is 5.14. The standard InChI is InChI=1S/C12H14N2O/c1-9(2)14-8-10(7-13)15-12-6-4-3-5-11(12)14/h3-6,9-10H,8H2,1-2H3. The van der Waals surface area contributed by atoms with E-state index >= 15 is 0 Å². The van der Waals surface area contributed by atoms with Gasteiger partial charge in [-0.05, 0) is 26.0 Å². The van der Waals surface area contributed by atoms with Crippen LogP contribution in [-0.4, -0.2) is 18.7 Å². The van der Waals surface area contributed by atoms with Crippen molar-refractivity contribution in [3.8, 4) is 11.8 Å². The second kappa shape index (κ2) is 3.82. The molecule has 0 saturated heterocycles. The number of nitriles is 1. The number of fused-ring (bicyclic) bond motifs is 1. The Hall–Kier alpha value is -1.69. The summed E-state index contributed by atoms with van der Waals surface area (Å²) in [5.41, 5.74) is 1.08. The van der Waals surface area contributed by atoms with Crippen LogP contribution in [0.15, 0.2) is 24.3 Å². The average Bonchev–Trinajstić information content (AvgIpc) is 2.27. The van der Waals surface area contributed by atoms with Crippen molar-refractivity contribution in [2.45, 2.75) is 26.0 Å². The summed E-state index contributed by atoms with van der Waals surface area (Å²) >= 11 is 0. The molecule has 1 atom stereocenters. The number of anilines is 1. The van der Waals surface area contributed by atoms with Gasteiger partial charge in [0.1, 0.15) is 11.8 Å². The molecule has 1 aromatic carbocycles. The quantitative estimate of drug-likeness (QED) is 0.700. The van der Waals surface area contributed by atoms with Crippen LogP contribution in [0.4, 0.5) is 5.69 Å². The van der Waals surface area contributed by atoms with E-state index in [0.717, 1.165) is 11.4 Å². The van der Waals surface area contributed by atoms with E-state index in [1.807, 2.05) is 24.3 Å². The van der Waals surface area contributed by atoms with Crippen molar-refractivity contribution < 1.29 is 4.74 Å². The van der Waals surface area contributed by atoms with Gasteiger partial charge in [0.15, 0.2) is 0 Å². The van der Waals surface area contributed by atoms with Crippen LogP contribution >= 0.6 is 0 Å². The Balaban J connectivity index is 2.39. The fraction of sp³-hybridized carbons (Fsp3) is 0.417. The summed E-state index contributed by atoms with van der Waals surface area (Å²) in [6, 6.07) is 10.4. The van der Waals surface area contributed by atoms with E-state index in [1.165, 1.54) is 0 Å². The third-order valence-corrected chi connectivity index (χ3v) is 2.57. The van der Waals surface area contributed by atoms with Gasteiger partial charge in [0.25, 0.3) is 0 Å². The Morgan fingerprint density at radius 1 is 1.47 bits per heavy atom. The van der Waals surface area contributed by atoms with Gasteiger partial charge in [0.2, 0.25) is 6.10 Å². The van der Waals surface area contributed by atoms with Gasteiger partial charge in [-0.15, -0.1) is 0 Å². The molecule has 0 fully saturated rings. The molecule has 1 aliphatic heterocycles. The molecule has 1 heterocycles. The Morgan fingerprint density at radius 3 is 2.87 bits per heavy atom. The van der Waals surface area contributed by atoms with Crippen molar-refractivity contribution in [2.75, 3.05) is 11.4 Å². The van der Waals surface area contributed by atoms with Crippen molar-refractivity contribution in [2.24, 2.45) is 0 Å². The maximum atomic E-state index is 8.91. The highest BCUT2D eigenvalue weighted by molar-refractivity contribution is 5.61. The van der Waals surface area contributed by atoms with E-state index in [4.69, 9.17) is 10.00 Å². The SMILES string of the molecule is CC(C)N1CC(C#N)Oc2ccccc21. The van der Waals surface area contributed by atoms with Crippen LogP contribution in [0.1, 0.15) is 13.8 Å². The zero-order chi connectivity index (χ0) is 10.8. The fourth-order valence-electron chi connectivity index (χ4n) is 1.82. The summed E-state index contributed by atoms with van der Waals surface area (Å²) < 4.78 is 5.56. The number of rotatable bonds is 1. The van der Waals surface area contributed by atoms with Gasteiger partial charge in [-0.2, -0.15) is 5.26 Å². The first-order chi connectivity index (χ1) is 7.22. The first kappa shape index (κ1) is 9.85. The fourth-order valence-corrected chi connectivity index (χ4v) is 1.82. The zero-order valence-corrected chi connectivity index (χ0v) is 8.97. The monoisotopic (exact) mass is 202 g/mol. The van der Waals surface area contributed by atoms with Crippen molar-refractivity contribution in [1.82, 2.24) is 0 Å². The minimum atomic E-state index is -0.359. The number of hydrogen-bond acceptors (Lipinski definition) is 3. The molecule has 0 N–H and O–H groups in total. The van der Waals surface area contributed by atoms with Crippen LogP contribution in [0, 0.1) is 11.3 Å². The van der Waals surface area contributed by atoms with E-state index in [1.54, 1.807) is 0 Å². The third-order valence-electron chi connectivity index (χ3n) is 2.57. The van der Waals surface area contributed by atoms with Crippen molar-refractivity contribution in [3.63, 3.8) is 0 Å². The Kier molecular flexibility index (Phi) is 2.51. The number of ether oxygens (including phenoxy) is 1. The molecule has 0 spiro atoms. The van der Waals surface area contributed by atoms with Crippen LogP contribution in [0.25, 0.3) is 0 Å². The van der Waals surface area contributed by atoms with E-state index in [2.05, 4.69) is 24.8 Å². The van der Waals surface area contributed by atoms with Crippen LogP contribution < -0.4 is 9.64 Å². The maximum absolute atomic E-state index is 8.91. The van der Waals surface area contributed by atoms with Crippen LogP contribution in [0.5, 0.6) is 5.75 Å². The van der Waals surface area contributed by atoms with Crippen LogP contribution in [0.2, 0.25) is 0 Å². The lowest BCUT2D eigenvalue weighted by Crippen LogP contribution is -2.43. The van der Waals surface area contributed by atoms with E-state index in [0.29, 0.717) is 12.6 Å². The number of hydrogen-bond donors (Lipinski definition) is 0. The number of para-hydroxylation sites is 2. The molecule has 0 amide bonds. The van der Waals surface area contributed by atoms with Gasteiger partial charge in [0, 0.05) is 6.04 Å². The largest absolute Gasteiger partial charge is 0.472 e. The van der Waals surface area contributed by atoms with Crippen molar-refractivity contribution >= 4 is 5.69 Å². The summed E-state index contributed by atoms with van der Waals surface area (Å²) in [6.45, 7) is 4.89. The van der Waals surface area contributed by atoms with Gasteiger partial charge >= 0.3 is 0 Å². The molecule has 15 heavy (non-hydrogen) atoms. The lowest BCUT2D eigenvalue weighted by Gasteiger charge is -2.36. The molecule has 0 radical (unpaired) electrons. The van der Waals surface area contributed by atoms with E-state index < -0.39 is 0 Å². The van der Waals surface area contributed by atoms with Crippen molar-refractivity contribution in [1.29, 1.82) is 5.26 Å². The smallest absolute Gasteiger partial charge is 0.201 e. The molecule has 0 saturated carbocycles. The molecule has 1 unspecified atom stereocenters. The van der Waals surface area contributed by atoms with E-state index in [9.17, 15) is 0 Å². The van der Waals surface area contributed by atoms with Gasteiger partial charge in [-0.1, -0.05) is 12.1 Å². The van der Waals surface area contributed by atoms with Crippen LogP contribution in [-0.2, 0) is 0 Å². The van der Waals surface area contributed by atoms with E-state index in [-0.39, 0.29) is 6.10 Å². The molecule has 0 aromatic heterocycles. The summed E-state index contributed by atoms with van der Waals surface area (Å²) in [6.07, 6.45) is -0.359. The lowest BCUT2D eigenvalue weighted by molar-refractivity contribution is 0.241. The second-order valence-electron chi connectivity index (χ2n) is 3.95. The van der Waals surface area contributed by atoms with Crippen LogP contribution in [0.3, 0.4) is 0 Å². The Bertz CT molecular complexity index is 395. The zero-order valence-electron chi connectivity index (χ0n) is 8.97. The normalized spacial score (nSPS) is 19.3. The van der Waals surface area contributed by atoms with Gasteiger partial charge in [-0.3, -0.25) is 0 Å². The molecule has 0 bridgehead atoms. The number of benzene rings is 1.